The third kappa shape index (κ3) is 2.42. The maximum Gasteiger partial charge on any atom is 0.225 e. The molecule has 1 unspecified atom stereocenters. The second-order valence-corrected chi connectivity index (χ2v) is 6.60. The minimum Gasteiger partial charge on any atom is -0.327 e. The Kier molecular flexibility index (Phi) is 3.24. The monoisotopic (exact) mass is 278 g/mol. The highest BCUT2D eigenvalue weighted by Crippen LogP contribution is 2.26. The molecule has 7 nitrogen and oxygen atoms in total. The molecular formula is C13H22N6O. The van der Waals surface area contributed by atoms with E-state index in [-0.39, 0.29) is 17.6 Å². The van der Waals surface area contributed by atoms with Crippen LogP contribution in [0.2, 0.25) is 0 Å². The molecule has 2 saturated heterocycles. The summed E-state index contributed by atoms with van der Waals surface area (Å²) in [6, 6.07) is 0. The summed E-state index contributed by atoms with van der Waals surface area (Å²) in [4.78, 5) is 17.8. The van der Waals surface area contributed by atoms with Crippen LogP contribution in [0.25, 0.3) is 0 Å². The minimum atomic E-state index is -0.150. The highest BCUT2D eigenvalue weighted by atomic mass is 16.2. The van der Waals surface area contributed by atoms with Gasteiger partial charge in [0.15, 0.2) is 5.82 Å². The molecule has 0 aromatic carbocycles. The van der Waals surface area contributed by atoms with Crippen LogP contribution in [-0.2, 0) is 16.9 Å². The Hall–Kier alpha value is -1.50. The highest BCUT2D eigenvalue weighted by molar-refractivity contribution is 5.77. The summed E-state index contributed by atoms with van der Waals surface area (Å²) >= 11 is 0. The highest BCUT2D eigenvalue weighted by Gasteiger charge is 2.37. The third-order valence-corrected chi connectivity index (χ3v) is 3.98. The van der Waals surface area contributed by atoms with Gasteiger partial charge in [0.1, 0.15) is 0 Å². The van der Waals surface area contributed by atoms with Gasteiger partial charge in [-0.1, -0.05) is 0 Å². The molecule has 7 heteroatoms. The molecule has 3 rings (SSSR count). The Morgan fingerprint density at radius 3 is 2.80 bits per heavy atom. The quantitative estimate of drug-likeness (QED) is 0.791. The Balaban J connectivity index is 1.71. The second kappa shape index (κ2) is 4.80. The number of aromatic nitrogens is 4. The lowest BCUT2D eigenvalue weighted by atomic mass is 10.1. The number of fused-ring (bicyclic) bond motifs is 1. The number of amides is 1. The molecule has 1 amide bonds. The lowest BCUT2D eigenvalue weighted by molar-refractivity contribution is -0.141. The maximum absolute atomic E-state index is 11.9. The van der Waals surface area contributed by atoms with E-state index in [1.54, 1.807) is 4.80 Å². The standard InChI is InChI=1S/C13H22N6O/c1-13(2,3)19-15-10(14-16-19)9-17-8-6-12(20)18-7-4-5-11(17)18/h11H,4-9H2,1-3H3. The second-order valence-electron chi connectivity index (χ2n) is 6.60. The smallest absolute Gasteiger partial charge is 0.225 e. The van der Waals surface area contributed by atoms with E-state index in [4.69, 9.17) is 0 Å². The van der Waals surface area contributed by atoms with Gasteiger partial charge >= 0.3 is 0 Å². The summed E-state index contributed by atoms with van der Waals surface area (Å²) in [7, 11) is 0. The van der Waals surface area contributed by atoms with Gasteiger partial charge in [-0.15, -0.1) is 10.2 Å². The van der Waals surface area contributed by atoms with E-state index < -0.39 is 0 Å². The molecule has 110 valence electrons. The van der Waals surface area contributed by atoms with Crippen molar-refractivity contribution in [1.29, 1.82) is 0 Å². The molecule has 1 atom stereocenters. The van der Waals surface area contributed by atoms with Crippen LogP contribution in [-0.4, -0.2) is 55.2 Å². The predicted molar refractivity (Wildman–Crippen MR) is 72.6 cm³/mol. The molecule has 3 heterocycles. The van der Waals surface area contributed by atoms with Crippen LogP contribution in [0, 0.1) is 0 Å². The van der Waals surface area contributed by atoms with Crippen molar-refractivity contribution in [2.24, 2.45) is 0 Å². The summed E-state index contributed by atoms with van der Waals surface area (Å²) in [5.41, 5.74) is -0.150. The molecule has 0 N–H and O–H groups in total. The van der Waals surface area contributed by atoms with Crippen LogP contribution >= 0.6 is 0 Å². The zero-order valence-electron chi connectivity index (χ0n) is 12.4. The van der Waals surface area contributed by atoms with Gasteiger partial charge in [0.25, 0.3) is 0 Å². The Bertz CT molecular complexity index is 505. The Morgan fingerprint density at radius 1 is 1.30 bits per heavy atom. The van der Waals surface area contributed by atoms with Gasteiger partial charge in [0.2, 0.25) is 5.91 Å². The van der Waals surface area contributed by atoms with Gasteiger partial charge in [-0.25, -0.2) is 0 Å². The summed E-state index contributed by atoms with van der Waals surface area (Å²) in [5.74, 6) is 1.02. The number of hydrogen-bond acceptors (Lipinski definition) is 5. The van der Waals surface area contributed by atoms with Crippen molar-refractivity contribution in [1.82, 2.24) is 30.0 Å². The number of carbonyl (C=O) groups is 1. The van der Waals surface area contributed by atoms with Crippen molar-refractivity contribution in [3.63, 3.8) is 0 Å². The summed E-state index contributed by atoms with van der Waals surface area (Å²) < 4.78 is 0. The van der Waals surface area contributed by atoms with E-state index in [0.29, 0.717) is 13.0 Å². The molecule has 0 radical (unpaired) electrons. The molecule has 0 saturated carbocycles. The number of rotatable bonds is 2. The first-order valence-electron chi connectivity index (χ1n) is 7.28. The fourth-order valence-electron chi connectivity index (χ4n) is 2.91. The largest absolute Gasteiger partial charge is 0.327 e. The molecule has 2 aliphatic heterocycles. The van der Waals surface area contributed by atoms with Crippen molar-refractivity contribution in [3.8, 4) is 0 Å². The number of carbonyl (C=O) groups excluding carboxylic acids is 1. The fourth-order valence-corrected chi connectivity index (χ4v) is 2.91. The van der Waals surface area contributed by atoms with Crippen LogP contribution in [0.3, 0.4) is 0 Å². The van der Waals surface area contributed by atoms with Crippen molar-refractivity contribution >= 4 is 5.91 Å². The average molecular weight is 278 g/mol. The molecule has 0 aliphatic carbocycles. The van der Waals surface area contributed by atoms with E-state index in [2.05, 4.69) is 41.1 Å². The van der Waals surface area contributed by atoms with Gasteiger partial charge in [0, 0.05) is 19.5 Å². The van der Waals surface area contributed by atoms with Crippen molar-refractivity contribution in [2.75, 3.05) is 13.1 Å². The van der Waals surface area contributed by atoms with Gasteiger partial charge in [-0.05, 0) is 38.8 Å². The third-order valence-electron chi connectivity index (χ3n) is 3.98. The van der Waals surface area contributed by atoms with Crippen molar-refractivity contribution in [3.05, 3.63) is 5.82 Å². The van der Waals surface area contributed by atoms with Gasteiger partial charge < -0.3 is 4.90 Å². The summed E-state index contributed by atoms with van der Waals surface area (Å²) in [6.07, 6.45) is 2.98. The zero-order chi connectivity index (χ0) is 14.3. The van der Waals surface area contributed by atoms with E-state index in [1.165, 1.54) is 0 Å². The summed E-state index contributed by atoms with van der Waals surface area (Å²) in [6.45, 7) is 8.51. The maximum atomic E-state index is 11.9. The number of nitrogens with zero attached hydrogens (tertiary/aromatic N) is 6. The molecule has 2 aliphatic rings. The lowest BCUT2D eigenvalue weighted by Gasteiger charge is -2.38. The van der Waals surface area contributed by atoms with Crippen molar-refractivity contribution < 1.29 is 4.79 Å². The van der Waals surface area contributed by atoms with Crippen LogP contribution in [0.5, 0.6) is 0 Å². The fraction of sp³-hybridized carbons (Fsp3) is 0.846. The first-order chi connectivity index (χ1) is 9.45. The molecular weight excluding hydrogens is 256 g/mol. The first-order valence-corrected chi connectivity index (χ1v) is 7.28. The van der Waals surface area contributed by atoms with E-state index in [1.807, 2.05) is 4.90 Å². The van der Waals surface area contributed by atoms with Crippen molar-refractivity contribution in [2.45, 2.75) is 58.3 Å². The van der Waals surface area contributed by atoms with Crippen LogP contribution in [0.4, 0.5) is 0 Å². The zero-order valence-corrected chi connectivity index (χ0v) is 12.4. The predicted octanol–water partition coefficient (Wildman–Crippen LogP) is 0.582. The number of hydrogen-bond donors (Lipinski definition) is 0. The van der Waals surface area contributed by atoms with Gasteiger partial charge in [-0.3, -0.25) is 9.69 Å². The molecule has 1 aromatic heterocycles. The SMILES string of the molecule is CC(C)(C)n1nnc(CN2CCC(=O)N3CCCC23)n1. The van der Waals surface area contributed by atoms with Crippen LogP contribution < -0.4 is 0 Å². The molecule has 1 aromatic rings. The summed E-state index contributed by atoms with van der Waals surface area (Å²) in [5, 5.41) is 12.7. The van der Waals surface area contributed by atoms with Gasteiger partial charge in [-0.2, -0.15) is 4.80 Å². The van der Waals surface area contributed by atoms with Gasteiger partial charge in [0.05, 0.1) is 18.2 Å². The first kappa shape index (κ1) is 13.5. The van der Waals surface area contributed by atoms with Crippen LogP contribution in [0.15, 0.2) is 0 Å². The molecule has 2 fully saturated rings. The molecule has 20 heavy (non-hydrogen) atoms. The Labute approximate surface area is 118 Å². The minimum absolute atomic E-state index is 0.150. The average Bonchev–Trinajstić information content (AvgIpc) is 3.00. The lowest BCUT2D eigenvalue weighted by Crippen LogP contribution is -2.52. The molecule has 0 bridgehead atoms. The van der Waals surface area contributed by atoms with E-state index in [0.717, 1.165) is 31.8 Å². The molecule has 0 spiro atoms. The Morgan fingerprint density at radius 2 is 2.10 bits per heavy atom. The van der Waals surface area contributed by atoms with E-state index in [9.17, 15) is 4.79 Å². The number of tetrazole rings is 1. The topological polar surface area (TPSA) is 67.2 Å². The van der Waals surface area contributed by atoms with E-state index >= 15 is 0 Å². The normalized spacial score (nSPS) is 24.2. The van der Waals surface area contributed by atoms with Crippen LogP contribution in [0.1, 0.15) is 45.9 Å².